The van der Waals surface area contributed by atoms with Crippen molar-refractivity contribution in [3.05, 3.63) is 58.6 Å². The van der Waals surface area contributed by atoms with Gasteiger partial charge in [-0.1, -0.05) is 12.1 Å². The molecule has 0 saturated carbocycles. The van der Waals surface area contributed by atoms with Gasteiger partial charge in [0, 0.05) is 43.2 Å². The summed E-state index contributed by atoms with van der Waals surface area (Å²) in [5, 5.41) is 10.7. The molecule has 0 aromatic heterocycles. The molecule has 7 heteroatoms. The monoisotopic (exact) mass is 387 g/mol. The highest BCUT2D eigenvalue weighted by Gasteiger charge is 2.19. The van der Waals surface area contributed by atoms with Crippen molar-refractivity contribution in [3.8, 4) is 5.75 Å². The van der Waals surface area contributed by atoms with Crippen LogP contribution in [0.15, 0.2) is 53.4 Å². The van der Waals surface area contributed by atoms with Crippen molar-refractivity contribution >= 4 is 23.1 Å². The minimum Gasteiger partial charge on any atom is -0.495 e. The number of methoxy groups -OCH3 is 1. The largest absolute Gasteiger partial charge is 0.495 e. The van der Waals surface area contributed by atoms with E-state index in [1.165, 1.54) is 5.69 Å². The second-order valence-corrected chi connectivity index (χ2v) is 7.62. The highest BCUT2D eigenvalue weighted by atomic mass is 32.2. The molecule has 0 aliphatic carbocycles. The number of nitro benzene ring substituents is 1. The second kappa shape index (κ2) is 9.62. The van der Waals surface area contributed by atoms with Gasteiger partial charge in [0.15, 0.2) is 0 Å². The number of anilines is 1. The first-order valence-electron chi connectivity index (χ1n) is 9.15. The Kier molecular flexibility index (Phi) is 6.95. The number of nitrogens with zero attached hydrogens (tertiary/aromatic N) is 3. The number of hydrogen-bond donors (Lipinski definition) is 0. The topological polar surface area (TPSA) is 58.8 Å². The summed E-state index contributed by atoms with van der Waals surface area (Å²) in [5.74, 6) is 1.95. The third-order valence-electron chi connectivity index (χ3n) is 4.73. The van der Waals surface area contributed by atoms with Gasteiger partial charge >= 0.3 is 0 Å². The number of nitro groups is 1. The number of rotatable bonds is 8. The van der Waals surface area contributed by atoms with E-state index in [9.17, 15) is 10.1 Å². The number of para-hydroxylation sites is 2. The van der Waals surface area contributed by atoms with E-state index in [2.05, 4.69) is 21.9 Å². The zero-order chi connectivity index (χ0) is 19.1. The molecule has 1 saturated heterocycles. The fourth-order valence-electron chi connectivity index (χ4n) is 3.25. The summed E-state index contributed by atoms with van der Waals surface area (Å²) in [5.41, 5.74) is 1.32. The molecule has 0 bridgehead atoms. The van der Waals surface area contributed by atoms with E-state index in [-0.39, 0.29) is 10.6 Å². The van der Waals surface area contributed by atoms with Crippen LogP contribution in [0.5, 0.6) is 5.75 Å². The predicted octanol–water partition coefficient (Wildman–Crippen LogP) is 3.91. The Hall–Kier alpha value is -2.25. The Labute approximate surface area is 164 Å². The number of thioether (sulfide) groups is 1. The van der Waals surface area contributed by atoms with Crippen molar-refractivity contribution in [2.45, 2.75) is 11.3 Å². The quantitative estimate of drug-likeness (QED) is 0.296. The van der Waals surface area contributed by atoms with Crippen LogP contribution in [0.3, 0.4) is 0 Å². The zero-order valence-corrected chi connectivity index (χ0v) is 16.4. The van der Waals surface area contributed by atoms with E-state index in [0.717, 1.165) is 55.5 Å². The van der Waals surface area contributed by atoms with E-state index >= 15 is 0 Å². The summed E-state index contributed by atoms with van der Waals surface area (Å²) >= 11 is 1.76. The molecule has 144 valence electrons. The van der Waals surface area contributed by atoms with Crippen molar-refractivity contribution < 1.29 is 9.66 Å². The van der Waals surface area contributed by atoms with Crippen molar-refractivity contribution in [3.63, 3.8) is 0 Å². The SMILES string of the molecule is COc1ccccc1N1CCN(CCCSc2ccc([N+](=O)[O-])cc2)CC1. The average molecular weight is 388 g/mol. The maximum atomic E-state index is 10.7. The molecule has 6 nitrogen and oxygen atoms in total. The number of benzene rings is 2. The van der Waals surface area contributed by atoms with Gasteiger partial charge in [-0.2, -0.15) is 0 Å². The molecule has 2 aromatic rings. The Bertz CT molecular complexity index is 746. The van der Waals surface area contributed by atoms with Gasteiger partial charge in [-0.3, -0.25) is 15.0 Å². The molecule has 0 unspecified atom stereocenters. The van der Waals surface area contributed by atoms with Crippen molar-refractivity contribution in [1.82, 2.24) is 4.90 Å². The van der Waals surface area contributed by atoms with E-state index in [1.807, 2.05) is 24.3 Å². The Morgan fingerprint density at radius 3 is 2.44 bits per heavy atom. The van der Waals surface area contributed by atoms with Gasteiger partial charge in [0.1, 0.15) is 5.75 Å². The molecule has 0 spiro atoms. The van der Waals surface area contributed by atoms with Gasteiger partial charge in [0.05, 0.1) is 17.7 Å². The van der Waals surface area contributed by atoms with Gasteiger partial charge < -0.3 is 9.64 Å². The van der Waals surface area contributed by atoms with E-state index in [4.69, 9.17) is 4.74 Å². The molecule has 27 heavy (non-hydrogen) atoms. The number of non-ortho nitro benzene ring substituents is 1. The molecule has 0 N–H and O–H groups in total. The van der Waals surface area contributed by atoms with E-state index < -0.39 is 0 Å². The standard InChI is InChI=1S/C20H25N3O3S/c1-26-20-6-3-2-5-19(20)22-14-12-21(13-15-22)11-4-16-27-18-9-7-17(8-10-18)23(24)25/h2-3,5-10H,4,11-16H2,1H3. The Morgan fingerprint density at radius 1 is 1.07 bits per heavy atom. The van der Waals surface area contributed by atoms with Gasteiger partial charge in [0.2, 0.25) is 0 Å². The van der Waals surface area contributed by atoms with Crippen LogP contribution in [-0.4, -0.2) is 55.4 Å². The lowest BCUT2D eigenvalue weighted by molar-refractivity contribution is -0.384. The molecule has 0 amide bonds. The van der Waals surface area contributed by atoms with Crippen LogP contribution in [-0.2, 0) is 0 Å². The number of piperazine rings is 1. The molecule has 0 atom stereocenters. The molecular formula is C20H25N3O3S. The fourth-order valence-corrected chi connectivity index (χ4v) is 4.08. The summed E-state index contributed by atoms with van der Waals surface area (Å²) in [6.07, 6.45) is 1.11. The average Bonchev–Trinajstić information content (AvgIpc) is 2.72. The first-order chi connectivity index (χ1) is 13.2. The summed E-state index contributed by atoms with van der Waals surface area (Å²) in [7, 11) is 1.72. The van der Waals surface area contributed by atoms with Crippen molar-refractivity contribution in [2.24, 2.45) is 0 Å². The predicted molar refractivity (Wildman–Crippen MR) is 110 cm³/mol. The highest BCUT2D eigenvalue weighted by Crippen LogP contribution is 2.28. The molecule has 1 aliphatic rings. The van der Waals surface area contributed by atoms with Gasteiger partial charge in [-0.15, -0.1) is 11.8 Å². The van der Waals surface area contributed by atoms with Gasteiger partial charge in [-0.25, -0.2) is 0 Å². The van der Waals surface area contributed by atoms with Crippen LogP contribution in [0, 0.1) is 10.1 Å². The van der Waals surface area contributed by atoms with Crippen molar-refractivity contribution in [2.75, 3.05) is 50.5 Å². The van der Waals surface area contributed by atoms with Crippen molar-refractivity contribution in [1.29, 1.82) is 0 Å². The first-order valence-corrected chi connectivity index (χ1v) is 10.1. The molecule has 0 radical (unpaired) electrons. The fraction of sp³-hybridized carbons (Fsp3) is 0.400. The molecule has 3 rings (SSSR count). The number of hydrogen-bond acceptors (Lipinski definition) is 6. The highest BCUT2D eigenvalue weighted by molar-refractivity contribution is 7.99. The zero-order valence-electron chi connectivity index (χ0n) is 15.5. The van der Waals surface area contributed by atoms with Crippen LogP contribution in [0.25, 0.3) is 0 Å². The third-order valence-corrected chi connectivity index (χ3v) is 5.83. The molecule has 1 fully saturated rings. The number of ether oxygens (including phenoxy) is 1. The van der Waals surface area contributed by atoms with Crippen LogP contribution in [0.2, 0.25) is 0 Å². The van der Waals surface area contributed by atoms with Gasteiger partial charge in [0.25, 0.3) is 5.69 Å². The third kappa shape index (κ3) is 5.37. The van der Waals surface area contributed by atoms with Gasteiger partial charge in [-0.05, 0) is 43.0 Å². The summed E-state index contributed by atoms with van der Waals surface area (Å²) < 4.78 is 5.47. The maximum absolute atomic E-state index is 10.7. The van der Waals surface area contributed by atoms with E-state index in [0.29, 0.717) is 0 Å². The second-order valence-electron chi connectivity index (χ2n) is 6.45. The maximum Gasteiger partial charge on any atom is 0.269 e. The lowest BCUT2D eigenvalue weighted by Gasteiger charge is -2.36. The Morgan fingerprint density at radius 2 is 1.78 bits per heavy atom. The van der Waals surface area contributed by atoms with Crippen LogP contribution in [0.4, 0.5) is 11.4 Å². The summed E-state index contributed by atoms with van der Waals surface area (Å²) in [4.78, 5) is 16.3. The summed E-state index contributed by atoms with van der Waals surface area (Å²) in [6, 6.07) is 15.0. The normalized spacial score (nSPS) is 14.9. The summed E-state index contributed by atoms with van der Waals surface area (Å²) in [6.45, 7) is 5.21. The molecule has 1 heterocycles. The molecule has 2 aromatic carbocycles. The van der Waals surface area contributed by atoms with Crippen LogP contribution >= 0.6 is 11.8 Å². The Balaban J connectivity index is 1.38. The molecule has 1 aliphatic heterocycles. The molecular weight excluding hydrogens is 362 g/mol. The van der Waals surface area contributed by atoms with Crippen LogP contribution in [0.1, 0.15) is 6.42 Å². The smallest absolute Gasteiger partial charge is 0.269 e. The van der Waals surface area contributed by atoms with Crippen LogP contribution < -0.4 is 9.64 Å². The van der Waals surface area contributed by atoms with E-state index in [1.54, 1.807) is 31.0 Å². The lowest BCUT2D eigenvalue weighted by atomic mass is 10.2. The first kappa shape index (κ1) is 19.5. The minimum atomic E-state index is -0.362. The lowest BCUT2D eigenvalue weighted by Crippen LogP contribution is -2.46. The minimum absolute atomic E-state index is 0.146.